The van der Waals surface area contributed by atoms with Crippen molar-refractivity contribution in [3.63, 3.8) is 0 Å². The van der Waals surface area contributed by atoms with Crippen molar-refractivity contribution in [2.75, 3.05) is 39.8 Å². The van der Waals surface area contributed by atoms with E-state index in [1.165, 1.54) is 76.8 Å². The van der Waals surface area contributed by atoms with Crippen LogP contribution in [0, 0.1) is 0 Å². The Morgan fingerprint density at radius 3 is 2.52 bits per heavy atom. The van der Waals surface area contributed by atoms with Crippen molar-refractivity contribution in [3.8, 4) is 0 Å². The fourth-order valence-corrected chi connectivity index (χ4v) is 4.09. The van der Waals surface area contributed by atoms with E-state index in [1.807, 2.05) is 0 Å². The molecule has 0 radical (unpaired) electrons. The standard InChI is InChI=1S/C20H33N3/c1-22-14-5-8-20(22)9-13-21-19-11-16-23(17-12-19)15-10-18-6-3-2-4-7-18/h2-4,6-7,19-21H,5,8-17H2,1H3. The zero-order chi connectivity index (χ0) is 15.9. The number of hydrogen-bond acceptors (Lipinski definition) is 3. The van der Waals surface area contributed by atoms with E-state index in [9.17, 15) is 0 Å². The highest BCUT2D eigenvalue weighted by Crippen LogP contribution is 2.18. The molecule has 3 heteroatoms. The smallest absolute Gasteiger partial charge is 0.0105 e. The van der Waals surface area contributed by atoms with Crippen molar-refractivity contribution in [1.82, 2.24) is 15.1 Å². The van der Waals surface area contributed by atoms with Gasteiger partial charge in [-0.2, -0.15) is 0 Å². The van der Waals surface area contributed by atoms with Gasteiger partial charge in [-0.3, -0.25) is 0 Å². The van der Waals surface area contributed by atoms with E-state index in [1.54, 1.807) is 0 Å². The number of rotatable bonds is 7. The molecule has 3 nitrogen and oxygen atoms in total. The Balaban J connectivity index is 1.28. The fourth-order valence-electron chi connectivity index (χ4n) is 4.09. The first-order valence-corrected chi connectivity index (χ1v) is 9.51. The summed E-state index contributed by atoms with van der Waals surface area (Å²) >= 11 is 0. The SMILES string of the molecule is CN1CCCC1CCNC1CCN(CCc2ccccc2)CC1. The van der Waals surface area contributed by atoms with Crippen molar-refractivity contribution in [2.24, 2.45) is 0 Å². The lowest BCUT2D eigenvalue weighted by Gasteiger charge is -2.33. The Hall–Kier alpha value is -0.900. The first-order valence-electron chi connectivity index (χ1n) is 9.51. The topological polar surface area (TPSA) is 18.5 Å². The number of nitrogens with zero attached hydrogens (tertiary/aromatic N) is 2. The van der Waals surface area contributed by atoms with Gasteiger partial charge in [-0.15, -0.1) is 0 Å². The average Bonchev–Trinajstić information content (AvgIpc) is 3.00. The van der Waals surface area contributed by atoms with Gasteiger partial charge in [0.15, 0.2) is 0 Å². The molecular formula is C20H33N3. The first-order chi connectivity index (χ1) is 11.3. The van der Waals surface area contributed by atoms with Crippen LogP contribution in [-0.2, 0) is 6.42 Å². The van der Waals surface area contributed by atoms with Crippen LogP contribution in [0.1, 0.15) is 37.7 Å². The van der Waals surface area contributed by atoms with Gasteiger partial charge >= 0.3 is 0 Å². The predicted molar refractivity (Wildman–Crippen MR) is 97.9 cm³/mol. The summed E-state index contributed by atoms with van der Waals surface area (Å²) in [6.07, 6.45) is 7.93. The highest BCUT2D eigenvalue weighted by molar-refractivity contribution is 5.14. The summed E-state index contributed by atoms with van der Waals surface area (Å²) < 4.78 is 0. The van der Waals surface area contributed by atoms with Crippen molar-refractivity contribution in [2.45, 2.75) is 50.6 Å². The monoisotopic (exact) mass is 315 g/mol. The number of hydrogen-bond donors (Lipinski definition) is 1. The minimum atomic E-state index is 0.745. The van der Waals surface area contributed by atoms with Crippen molar-refractivity contribution >= 4 is 0 Å². The van der Waals surface area contributed by atoms with Crippen LogP contribution in [0.3, 0.4) is 0 Å². The van der Waals surface area contributed by atoms with Crippen LogP contribution in [0.4, 0.5) is 0 Å². The average molecular weight is 316 g/mol. The predicted octanol–water partition coefficient (Wildman–Crippen LogP) is 2.77. The third kappa shape index (κ3) is 5.30. The Labute approximate surface area is 142 Å². The van der Waals surface area contributed by atoms with Gasteiger partial charge in [0.05, 0.1) is 0 Å². The van der Waals surface area contributed by atoms with Crippen LogP contribution in [0.15, 0.2) is 30.3 Å². The van der Waals surface area contributed by atoms with E-state index in [0.717, 1.165) is 12.1 Å². The van der Waals surface area contributed by atoms with Gasteiger partial charge in [-0.25, -0.2) is 0 Å². The van der Waals surface area contributed by atoms with Gasteiger partial charge in [-0.1, -0.05) is 30.3 Å². The Bertz CT molecular complexity index is 439. The molecule has 2 aliphatic rings. The number of likely N-dealkylation sites (tertiary alicyclic amines) is 2. The van der Waals surface area contributed by atoms with Gasteiger partial charge in [0.2, 0.25) is 0 Å². The summed E-state index contributed by atoms with van der Waals surface area (Å²) in [5.74, 6) is 0. The second kappa shape index (κ2) is 8.81. The summed E-state index contributed by atoms with van der Waals surface area (Å²) in [5.41, 5.74) is 1.47. The molecule has 0 amide bonds. The first kappa shape index (κ1) is 16.9. The number of benzene rings is 1. The second-order valence-corrected chi connectivity index (χ2v) is 7.37. The molecule has 0 aromatic heterocycles. The van der Waals surface area contributed by atoms with Gasteiger partial charge < -0.3 is 15.1 Å². The molecule has 0 saturated carbocycles. The summed E-state index contributed by atoms with van der Waals surface area (Å²) in [7, 11) is 2.28. The van der Waals surface area contributed by atoms with Crippen molar-refractivity contribution in [1.29, 1.82) is 0 Å². The highest BCUT2D eigenvalue weighted by Gasteiger charge is 2.22. The highest BCUT2D eigenvalue weighted by atomic mass is 15.2. The second-order valence-electron chi connectivity index (χ2n) is 7.37. The molecule has 2 heterocycles. The van der Waals surface area contributed by atoms with Crippen LogP contribution < -0.4 is 5.32 Å². The third-order valence-corrected chi connectivity index (χ3v) is 5.73. The molecule has 0 bridgehead atoms. The molecule has 2 fully saturated rings. The molecule has 3 rings (SSSR count). The zero-order valence-electron chi connectivity index (χ0n) is 14.7. The van der Waals surface area contributed by atoms with E-state index in [0.29, 0.717) is 0 Å². The Kier molecular flexibility index (Phi) is 6.49. The van der Waals surface area contributed by atoms with Gasteiger partial charge in [-0.05, 0) is 77.3 Å². The van der Waals surface area contributed by atoms with Crippen molar-refractivity contribution in [3.05, 3.63) is 35.9 Å². The van der Waals surface area contributed by atoms with Crippen molar-refractivity contribution < 1.29 is 0 Å². The Morgan fingerprint density at radius 1 is 1.04 bits per heavy atom. The quantitative estimate of drug-likeness (QED) is 0.835. The molecule has 1 N–H and O–H groups in total. The molecule has 0 spiro atoms. The molecule has 2 aliphatic heterocycles. The Morgan fingerprint density at radius 2 is 1.83 bits per heavy atom. The van der Waals surface area contributed by atoms with E-state index in [-0.39, 0.29) is 0 Å². The van der Waals surface area contributed by atoms with Gasteiger partial charge in [0.25, 0.3) is 0 Å². The molecular weight excluding hydrogens is 282 g/mol. The van der Waals surface area contributed by atoms with E-state index in [4.69, 9.17) is 0 Å². The molecule has 1 unspecified atom stereocenters. The van der Waals surface area contributed by atoms with E-state index >= 15 is 0 Å². The van der Waals surface area contributed by atoms with Crippen LogP contribution in [0.5, 0.6) is 0 Å². The van der Waals surface area contributed by atoms with E-state index < -0.39 is 0 Å². The molecule has 23 heavy (non-hydrogen) atoms. The maximum absolute atomic E-state index is 3.81. The zero-order valence-corrected chi connectivity index (χ0v) is 14.7. The fraction of sp³-hybridized carbons (Fsp3) is 0.700. The minimum absolute atomic E-state index is 0.745. The minimum Gasteiger partial charge on any atom is -0.314 e. The lowest BCUT2D eigenvalue weighted by atomic mass is 10.0. The maximum Gasteiger partial charge on any atom is 0.0105 e. The van der Waals surface area contributed by atoms with Gasteiger partial charge in [0.1, 0.15) is 0 Å². The molecule has 2 saturated heterocycles. The van der Waals surface area contributed by atoms with E-state index in [2.05, 4.69) is 52.5 Å². The molecule has 1 atom stereocenters. The number of piperidine rings is 1. The molecule has 0 aliphatic carbocycles. The largest absolute Gasteiger partial charge is 0.314 e. The number of nitrogens with one attached hydrogen (secondary N) is 1. The lowest BCUT2D eigenvalue weighted by molar-refractivity contribution is 0.196. The van der Waals surface area contributed by atoms with Gasteiger partial charge in [0, 0.05) is 18.6 Å². The molecule has 1 aromatic carbocycles. The third-order valence-electron chi connectivity index (χ3n) is 5.73. The summed E-state index contributed by atoms with van der Waals surface area (Å²) in [6, 6.07) is 12.5. The normalized spacial score (nSPS) is 24.3. The van der Waals surface area contributed by atoms with Crippen LogP contribution in [0.25, 0.3) is 0 Å². The lowest BCUT2D eigenvalue weighted by Crippen LogP contribution is -2.44. The molecule has 128 valence electrons. The van der Waals surface area contributed by atoms with Crippen LogP contribution in [-0.4, -0.2) is 61.7 Å². The van der Waals surface area contributed by atoms with Crippen LogP contribution >= 0.6 is 0 Å². The summed E-state index contributed by atoms with van der Waals surface area (Å²) in [5, 5.41) is 3.81. The molecule has 1 aromatic rings. The van der Waals surface area contributed by atoms with Crippen LogP contribution in [0.2, 0.25) is 0 Å². The maximum atomic E-state index is 3.81. The summed E-state index contributed by atoms with van der Waals surface area (Å²) in [4.78, 5) is 5.17. The summed E-state index contributed by atoms with van der Waals surface area (Å²) in [6.45, 7) is 6.22.